The zero-order chi connectivity index (χ0) is 35.2. The van der Waals surface area contributed by atoms with Gasteiger partial charge in [-0.05, 0) is 0 Å². The Morgan fingerprint density at radius 2 is 1.48 bits per heavy atom. The standard InChI is InChI=1S/C36H44B2NO10P/c1-25-21-31(43-5)33(47-25)24-46-50(40,45-20-19-39-2)49-32-22-35(37-38-35)48-34(32)23-44-36(26-9-7-6-8-10-26,27-11-15-29(41-3)16-12-27)28-13-17-30(42-4)18-14-28/h6-18,25,31-34H,2,19-24H2,1,3-5H3/t25-,31+,32+,33+,34+,50?/m0/s1. The van der Waals surface area contributed by atoms with Crippen LogP contribution in [0.3, 0.4) is 0 Å². The van der Waals surface area contributed by atoms with E-state index in [9.17, 15) is 4.57 Å². The second-order valence-electron chi connectivity index (χ2n) is 12.6. The molecule has 14 heteroatoms. The molecule has 3 heterocycles. The monoisotopic (exact) mass is 703 g/mol. The van der Waals surface area contributed by atoms with Crippen LogP contribution in [-0.2, 0) is 42.7 Å². The van der Waals surface area contributed by atoms with Crippen molar-refractivity contribution in [2.45, 2.75) is 61.3 Å². The SMILES string of the molecule is C=NCCOP(=O)(OC[C@H]1O[C@@H](C)C[C@H]1OC)O[C@@H]1CC2(B=B2)O[C@@H]1COC(c1ccccc1)(c1ccc(OC)cc1)c1ccc(OC)cc1. The van der Waals surface area contributed by atoms with Gasteiger partial charge in [-0.3, -0.25) is 0 Å². The molecule has 6 rings (SSSR count). The predicted octanol–water partition coefficient (Wildman–Crippen LogP) is 5.21. The van der Waals surface area contributed by atoms with E-state index >= 15 is 0 Å². The number of methoxy groups -OCH3 is 3. The van der Waals surface area contributed by atoms with Crippen LogP contribution in [0.25, 0.3) is 0 Å². The molecule has 0 radical (unpaired) electrons. The number of rotatable bonds is 18. The Hall–Kier alpha value is -2.99. The molecule has 0 aromatic heterocycles. The summed E-state index contributed by atoms with van der Waals surface area (Å²) in [5.74, 6) is 1.44. The molecule has 3 aliphatic rings. The van der Waals surface area contributed by atoms with E-state index in [4.69, 9.17) is 42.0 Å². The molecule has 2 fully saturated rings. The maximum absolute atomic E-state index is 14.3. The Bertz CT molecular complexity index is 1590. The molecule has 2 saturated heterocycles. The van der Waals surface area contributed by atoms with E-state index in [0.29, 0.717) is 12.8 Å². The molecular formula is C36H44B2NO10P. The van der Waals surface area contributed by atoms with Gasteiger partial charge in [0.2, 0.25) is 0 Å². The van der Waals surface area contributed by atoms with Gasteiger partial charge in [0.25, 0.3) is 0 Å². The molecule has 0 bridgehead atoms. The van der Waals surface area contributed by atoms with Gasteiger partial charge in [-0.2, -0.15) is 0 Å². The third kappa shape index (κ3) is 8.22. The molecule has 0 saturated carbocycles. The Labute approximate surface area is 295 Å². The van der Waals surface area contributed by atoms with Crippen LogP contribution in [0.1, 0.15) is 36.5 Å². The van der Waals surface area contributed by atoms with Crippen LogP contribution in [0.2, 0.25) is 0 Å². The van der Waals surface area contributed by atoms with Crippen molar-refractivity contribution in [2.75, 3.05) is 47.7 Å². The fraction of sp³-hybridized carbons (Fsp3) is 0.472. The minimum absolute atomic E-state index is 0.000600. The van der Waals surface area contributed by atoms with Gasteiger partial charge in [-0.1, -0.05) is 0 Å². The number of phosphoric ester groups is 1. The molecule has 3 aromatic carbocycles. The van der Waals surface area contributed by atoms with Crippen LogP contribution in [0.4, 0.5) is 0 Å². The number of phosphoric acid groups is 1. The fourth-order valence-corrected chi connectivity index (χ4v) is 8.02. The Morgan fingerprint density at radius 1 is 0.860 bits per heavy atom. The third-order valence-corrected chi connectivity index (χ3v) is 10.8. The van der Waals surface area contributed by atoms with Gasteiger partial charge in [0.05, 0.1) is 0 Å². The topological polar surface area (TPSA) is 113 Å². The fourth-order valence-electron chi connectivity index (χ4n) is 6.65. The molecule has 1 unspecified atom stereocenters. The van der Waals surface area contributed by atoms with Crippen molar-refractivity contribution < 1.29 is 46.6 Å². The van der Waals surface area contributed by atoms with Crippen molar-refractivity contribution in [1.82, 2.24) is 0 Å². The maximum atomic E-state index is 14.3. The third-order valence-electron chi connectivity index (χ3n) is 9.33. The first-order valence-corrected chi connectivity index (χ1v) is 18.3. The molecule has 3 aromatic rings. The van der Waals surface area contributed by atoms with E-state index in [1.165, 1.54) is 0 Å². The number of hydrogen-bond donors (Lipinski definition) is 0. The number of benzene rings is 3. The van der Waals surface area contributed by atoms with Gasteiger partial charge in [-0.25, -0.2) is 0 Å². The average molecular weight is 703 g/mol. The van der Waals surface area contributed by atoms with E-state index in [2.05, 4.69) is 11.7 Å². The van der Waals surface area contributed by atoms with Gasteiger partial charge >= 0.3 is 296 Å². The molecule has 50 heavy (non-hydrogen) atoms. The van der Waals surface area contributed by atoms with E-state index < -0.39 is 37.1 Å². The summed E-state index contributed by atoms with van der Waals surface area (Å²) in [6, 6.07) is 25.6. The summed E-state index contributed by atoms with van der Waals surface area (Å²) in [7, 11) is 0.748. The van der Waals surface area contributed by atoms with Crippen LogP contribution in [0.5, 0.6) is 11.5 Å². The molecule has 264 valence electrons. The molecule has 0 amide bonds. The van der Waals surface area contributed by atoms with Crippen molar-refractivity contribution in [1.29, 1.82) is 0 Å². The molecule has 1 spiro atoms. The summed E-state index contributed by atoms with van der Waals surface area (Å²) in [6.07, 6.45) is -0.877. The number of hydrogen-bond acceptors (Lipinski definition) is 11. The number of aliphatic imine (C=N–C) groups is 1. The number of ether oxygens (including phenoxy) is 6. The first-order valence-electron chi connectivity index (χ1n) is 16.8. The average Bonchev–Trinajstić information content (AvgIpc) is 3.67. The Kier molecular flexibility index (Phi) is 11.9. The van der Waals surface area contributed by atoms with Crippen LogP contribution >= 0.6 is 7.82 Å². The molecule has 3 aliphatic heterocycles. The van der Waals surface area contributed by atoms with Gasteiger partial charge < -0.3 is 0 Å². The first kappa shape index (κ1) is 36.8. The zero-order valence-electron chi connectivity index (χ0n) is 29.0. The van der Waals surface area contributed by atoms with Gasteiger partial charge in [-0.15, -0.1) is 0 Å². The summed E-state index contributed by atoms with van der Waals surface area (Å²) < 4.78 is 68.5. The van der Waals surface area contributed by atoms with E-state index in [1.54, 1.807) is 21.3 Å². The molecule has 0 aliphatic carbocycles. The summed E-state index contributed by atoms with van der Waals surface area (Å²) in [6.45, 7) is 9.65. The van der Waals surface area contributed by atoms with Crippen LogP contribution in [-0.4, -0.2) is 104 Å². The van der Waals surface area contributed by atoms with Crippen molar-refractivity contribution in [3.05, 3.63) is 95.6 Å². The summed E-state index contributed by atoms with van der Waals surface area (Å²) in [4.78, 5) is 3.83. The quantitative estimate of drug-likeness (QED) is 0.0576. The second-order valence-corrected chi connectivity index (χ2v) is 14.2. The van der Waals surface area contributed by atoms with E-state index in [0.717, 1.165) is 28.2 Å². The molecule has 0 N–H and O–H groups in total. The zero-order valence-corrected chi connectivity index (χ0v) is 29.9. The second kappa shape index (κ2) is 16.1. The van der Waals surface area contributed by atoms with Crippen LogP contribution in [0, 0.1) is 0 Å². The predicted molar refractivity (Wildman–Crippen MR) is 191 cm³/mol. The van der Waals surface area contributed by atoms with Crippen molar-refractivity contribution in [3.8, 4) is 11.5 Å². The van der Waals surface area contributed by atoms with E-state index in [1.807, 2.05) is 99.4 Å². The van der Waals surface area contributed by atoms with Gasteiger partial charge in [0, 0.05) is 0 Å². The Morgan fingerprint density at radius 3 is 2.04 bits per heavy atom. The van der Waals surface area contributed by atoms with Crippen LogP contribution < -0.4 is 9.47 Å². The number of nitrogens with zero attached hydrogens (tertiary/aromatic N) is 1. The summed E-state index contributed by atoms with van der Waals surface area (Å²) in [5.41, 5.74) is 1.56. The van der Waals surface area contributed by atoms with E-state index in [-0.39, 0.29) is 38.6 Å². The van der Waals surface area contributed by atoms with Crippen LogP contribution in [0.15, 0.2) is 83.9 Å². The first-order chi connectivity index (χ1) is 24.2. The summed E-state index contributed by atoms with van der Waals surface area (Å²) in [5, 5.41) is -0.618. The normalized spacial score (nSPS) is 24.7. The van der Waals surface area contributed by atoms with Crippen molar-refractivity contribution in [2.24, 2.45) is 4.99 Å². The Balaban J connectivity index is 1.30. The van der Waals surface area contributed by atoms with Crippen molar-refractivity contribution in [3.63, 3.8) is 0 Å². The van der Waals surface area contributed by atoms with Gasteiger partial charge in [0.15, 0.2) is 0 Å². The summed E-state index contributed by atoms with van der Waals surface area (Å²) >= 11 is 0. The molecule has 6 atom stereocenters. The van der Waals surface area contributed by atoms with Gasteiger partial charge in [0.1, 0.15) is 0 Å². The molecule has 11 nitrogen and oxygen atoms in total. The van der Waals surface area contributed by atoms with Crippen molar-refractivity contribution >= 4 is 28.1 Å². The molecular weight excluding hydrogens is 659 g/mol. The minimum atomic E-state index is -4.14.